The van der Waals surface area contributed by atoms with Gasteiger partial charge in [-0.1, -0.05) is 0 Å². The molecule has 3 aliphatic carbocycles. The van der Waals surface area contributed by atoms with Gasteiger partial charge in [-0.2, -0.15) is 0 Å². The van der Waals surface area contributed by atoms with Crippen LogP contribution in [0.4, 0.5) is 4.79 Å². The summed E-state index contributed by atoms with van der Waals surface area (Å²) in [5.74, 6) is 2.33. The van der Waals surface area contributed by atoms with Crippen LogP contribution in [0.5, 0.6) is 0 Å². The summed E-state index contributed by atoms with van der Waals surface area (Å²) in [5, 5.41) is 9.35. The quantitative estimate of drug-likeness (QED) is 0.841. The van der Waals surface area contributed by atoms with E-state index in [4.69, 9.17) is 0 Å². The average Bonchev–Trinajstić information content (AvgIpc) is 3.53. The van der Waals surface area contributed by atoms with Gasteiger partial charge in [0.05, 0.1) is 0 Å². The van der Waals surface area contributed by atoms with Gasteiger partial charge in [-0.25, -0.2) is 4.79 Å². The topological polar surface area (TPSA) is 64.1 Å². The number of fused-ring (bicyclic) bond motifs is 4. The van der Waals surface area contributed by atoms with Crippen molar-refractivity contribution in [3.8, 4) is 0 Å². The summed E-state index contributed by atoms with van der Waals surface area (Å²) in [6.07, 6.45) is 4.83. The van der Waals surface area contributed by atoms with Crippen LogP contribution in [0.15, 0.2) is 0 Å². The number of likely N-dealkylation sites (tertiary alicyclic amines) is 1. The molecule has 2 amide bonds. The van der Waals surface area contributed by atoms with E-state index in [9.17, 15) is 14.7 Å². The van der Waals surface area contributed by atoms with Gasteiger partial charge in [0.25, 0.3) is 0 Å². The second kappa shape index (κ2) is 5.60. The number of nitrogens with zero attached hydrogens (tertiary/aromatic N) is 3. The predicted molar refractivity (Wildman–Crippen MR) is 92.1 cm³/mol. The largest absolute Gasteiger partial charge is 0.465 e. The first-order valence-electron chi connectivity index (χ1n) is 10.1. The average molecular weight is 347 g/mol. The molecule has 3 aliphatic heterocycles. The van der Waals surface area contributed by atoms with E-state index in [0.717, 1.165) is 32.5 Å². The molecule has 3 heterocycles. The van der Waals surface area contributed by atoms with Crippen LogP contribution in [0, 0.1) is 23.7 Å². The Balaban J connectivity index is 1.19. The van der Waals surface area contributed by atoms with E-state index in [1.54, 1.807) is 4.90 Å². The van der Waals surface area contributed by atoms with Crippen LogP contribution in [-0.2, 0) is 4.79 Å². The summed E-state index contributed by atoms with van der Waals surface area (Å²) >= 11 is 0. The lowest BCUT2D eigenvalue weighted by atomic mass is 9.75. The molecule has 0 aromatic rings. The van der Waals surface area contributed by atoms with Crippen molar-refractivity contribution < 1.29 is 14.7 Å². The highest BCUT2D eigenvalue weighted by Crippen LogP contribution is 2.55. The zero-order chi connectivity index (χ0) is 17.3. The fourth-order valence-corrected chi connectivity index (χ4v) is 6.13. The van der Waals surface area contributed by atoms with Crippen molar-refractivity contribution in [1.29, 1.82) is 0 Å². The lowest BCUT2D eigenvalue weighted by Crippen LogP contribution is -2.60. The summed E-state index contributed by atoms with van der Waals surface area (Å²) < 4.78 is 0. The van der Waals surface area contributed by atoms with Crippen LogP contribution in [0.1, 0.15) is 39.0 Å². The van der Waals surface area contributed by atoms with Crippen molar-refractivity contribution >= 4 is 12.0 Å². The van der Waals surface area contributed by atoms with Gasteiger partial charge in [-0.15, -0.1) is 0 Å². The molecule has 6 nitrogen and oxygen atoms in total. The van der Waals surface area contributed by atoms with Gasteiger partial charge in [-0.3, -0.25) is 9.69 Å². The van der Waals surface area contributed by atoms with E-state index in [1.807, 2.05) is 0 Å². The fraction of sp³-hybridized carbons (Fsp3) is 0.895. The van der Waals surface area contributed by atoms with E-state index in [-0.39, 0.29) is 12.0 Å². The van der Waals surface area contributed by atoms with Crippen LogP contribution in [-0.4, -0.2) is 76.1 Å². The fourth-order valence-electron chi connectivity index (χ4n) is 6.13. The van der Waals surface area contributed by atoms with E-state index in [2.05, 4.69) is 16.7 Å². The number of piperidine rings is 3. The Morgan fingerprint density at radius 3 is 2.32 bits per heavy atom. The molecule has 3 saturated heterocycles. The Bertz CT molecular complexity index is 580. The van der Waals surface area contributed by atoms with Crippen LogP contribution in [0.2, 0.25) is 0 Å². The third-order valence-corrected chi connectivity index (χ3v) is 7.63. The second-order valence-corrected chi connectivity index (χ2v) is 8.89. The number of hydrogen-bond acceptors (Lipinski definition) is 3. The van der Waals surface area contributed by atoms with Crippen LogP contribution in [0.3, 0.4) is 0 Å². The Labute approximate surface area is 149 Å². The molecule has 3 saturated carbocycles. The molecule has 0 radical (unpaired) electrons. The van der Waals surface area contributed by atoms with Crippen molar-refractivity contribution in [3.63, 3.8) is 0 Å². The third kappa shape index (κ3) is 2.47. The Hall–Kier alpha value is -1.30. The molecule has 6 fully saturated rings. The first kappa shape index (κ1) is 15.9. The number of carboxylic acid groups (broad SMARTS) is 1. The van der Waals surface area contributed by atoms with Crippen LogP contribution in [0.25, 0.3) is 0 Å². The Kier molecular flexibility index (Phi) is 3.56. The molecule has 6 atom stereocenters. The van der Waals surface area contributed by atoms with Gasteiger partial charge >= 0.3 is 6.09 Å². The van der Waals surface area contributed by atoms with Gasteiger partial charge in [0.1, 0.15) is 0 Å². The minimum Gasteiger partial charge on any atom is -0.465 e. The van der Waals surface area contributed by atoms with E-state index in [0.29, 0.717) is 42.3 Å². The molecule has 6 aliphatic rings. The van der Waals surface area contributed by atoms with Gasteiger partial charge in [0, 0.05) is 50.2 Å². The number of carbonyl (C=O) groups is 2. The first-order chi connectivity index (χ1) is 12.1. The monoisotopic (exact) mass is 347 g/mol. The lowest BCUT2D eigenvalue weighted by molar-refractivity contribution is -0.134. The summed E-state index contributed by atoms with van der Waals surface area (Å²) in [4.78, 5) is 30.6. The minimum atomic E-state index is -0.747. The van der Waals surface area contributed by atoms with Crippen LogP contribution >= 0.6 is 0 Å². The van der Waals surface area contributed by atoms with Crippen molar-refractivity contribution in [2.45, 2.75) is 57.2 Å². The number of rotatable bonds is 4. The smallest absolute Gasteiger partial charge is 0.407 e. The van der Waals surface area contributed by atoms with E-state index >= 15 is 0 Å². The zero-order valence-electron chi connectivity index (χ0n) is 15.0. The van der Waals surface area contributed by atoms with Crippen molar-refractivity contribution in [3.05, 3.63) is 0 Å². The molecular formula is C19H29N3O3. The van der Waals surface area contributed by atoms with E-state index in [1.165, 1.54) is 19.3 Å². The highest BCUT2D eigenvalue weighted by atomic mass is 16.4. The molecule has 0 aromatic heterocycles. The normalized spacial score (nSPS) is 42.4. The standard InChI is InChI=1S/C19H29N3O3/c1-2-21(12-5-6-12)18(23)17-14-9-20(10-15(14)17)16-7-13-4-3-11(16)8-22(13)19(24)25/h11-17H,2-10H2,1H3,(H,24,25)/t11-,13-,14-,15+,16?,17?/m0/s1. The molecule has 0 spiro atoms. The molecular weight excluding hydrogens is 318 g/mol. The summed E-state index contributed by atoms with van der Waals surface area (Å²) in [5.41, 5.74) is 0. The van der Waals surface area contributed by atoms with Crippen LogP contribution < -0.4 is 0 Å². The van der Waals surface area contributed by atoms with Crippen molar-refractivity contribution in [1.82, 2.24) is 14.7 Å². The van der Waals surface area contributed by atoms with Gasteiger partial charge in [0.15, 0.2) is 0 Å². The minimum absolute atomic E-state index is 0.215. The summed E-state index contributed by atoms with van der Waals surface area (Å²) in [6.45, 7) is 5.80. The van der Waals surface area contributed by atoms with Crippen molar-refractivity contribution in [2.24, 2.45) is 23.7 Å². The maximum Gasteiger partial charge on any atom is 0.407 e. The Morgan fingerprint density at radius 2 is 1.80 bits per heavy atom. The first-order valence-corrected chi connectivity index (χ1v) is 10.1. The molecule has 6 rings (SSSR count). The molecule has 138 valence electrons. The zero-order valence-corrected chi connectivity index (χ0v) is 15.0. The predicted octanol–water partition coefficient (Wildman–Crippen LogP) is 1.71. The Morgan fingerprint density at radius 1 is 1.08 bits per heavy atom. The molecule has 2 unspecified atom stereocenters. The molecule has 1 N–H and O–H groups in total. The summed E-state index contributed by atoms with van der Waals surface area (Å²) in [7, 11) is 0. The maximum absolute atomic E-state index is 12.8. The SMILES string of the molecule is CCN(C(=O)C1[C@H]2CN(C3C[C@@H]4CC[C@H]3CN4C(=O)O)C[C@@H]12)C1CC1. The number of hydrogen-bond donors (Lipinski definition) is 1. The number of amides is 2. The maximum atomic E-state index is 12.8. The highest BCUT2D eigenvalue weighted by molar-refractivity contribution is 5.83. The summed E-state index contributed by atoms with van der Waals surface area (Å²) in [6, 6.07) is 1.29. The molecule has 2 bridgehead atoms. The third-order valence-electron chi connectivity index (χ3n) is 7.63. The molecule has 25 heavy (non-hydrogen) atoms. The highest BCUT2D eigenvalue weighted by Gasteiger charge is 2.62. The molecule has 6 heteroatoms. The second-order valence-electron chi connectivity index (χ2n) is 8.89. The number of carbonyl (C=O) groups excluding carboxylic acids is 1. The van der Waals surface area contributed by atoms with Crippen molar-refractivity contribution in [2.75, 3.05) is 26.2 Å². The van der Waals surface area contributed by atoms with Gasteiger partial charge in [0.2, 0.25) is 5.91 Å². The van der Waals surface area contributed by atoms with E-state index < -0.39 is 6.09 Å². The van der Waals surface area contributed by atoms with Gasteiger partial charge in [-0.05, 0) is 56.8 Å². The van der Waals surface area contributed by atoms with Gasteiger partial charge < -0.3 is 14.9 Å². The molecule has 0 aromatic carbocycles. The lowest BCUT2D eigenvalue weighted by Gasteiger charge is -2.51.